The van der Waals surface area contributed by atoms with Gasteiger partial charge < -0.3 is 10.0 Å². The zero-order chi connectivity index (χ0) is 14.7. The summed E-state index contributed by atoms with van der Waals surface area (Å²) in [6.45, 7) is 1.97. The summed E-state index contributed by atoms with van der Waals surface area (Å²) >= 11 is 3.52. The van der Waals surface area contributed by atoms with Gasteiger partial charge in [0.15, 0.2) is 0 Å². The number of halogens is 1. The topological polar surface area (TPSA) is 23.5 Å². The van der Waals surface area contributed by atoms with E-state index in [0.717, 1.165) is 29.5 Å². The van der Waals surface area contributed by atoms with Gasteiger partial charge in [-0.25, -0.2) is 0 Å². The van der Waals surface area contributed by atoms with Crippen LogP contribution in [-0.4, -0.2) is 18.2 Å². The number of para-hydroxylation sites is 1. The number of benzene rings is 2. The van der Waals surface area contributed by atoms with Crippen LogP contribution in [0.3, 0.4) is 0 Å². The number of hydrogen-bond donors (Lipinski definition) is 1. The summed E-state index contributed by atoms with van der Waals surface area (Å²) in [4.78, 5) is 2.40. The van der Waals surface area contributed by atoms with Gasteiger partial charge in [0.1, 0.15) is 0 Å². The lowest BCUT2D eigenvalue weighted by atomic mass is 10.0. The average Bonchev–Trinajstić information content (AvgIpc) is 2.53. The number of aliphatic hydroxyl groups is 1. The lowest BCUT2D eigenvalue weighted by Crippen LogP contribution is -2.31. The van der Waals surface area contributed by atoms with E-state index in [1.54, 1.807) is 0 Å². The van der Waals surface area contributed by atoms with Crippen LogP contribution in [0.15, 0.2) is 53.0 Å². The molecule has 0 spiro atoms. The highest BCUT2D eigenvalue weighted by atomic mass is 79.9. The maximum atomic E-state index is 10.4. The molecular formula is C18H20BrNO. The van der Waals surface area contributed by atoms with Crippen LogP contribution in [-0.2, 0) is 6.42 Å². The van der Waals surface area contributed by atoms with Crippen molar-refractivity contribution < 1.29 is 5.11 Å². The first-order chi connectivity index (χ1) is 10.3. The Kier molecular flexibility index (Phi) is 4.61. The predicted octanol–water partition coefficient (Wildman–Crippen LogP) is 4.33. The fourth-order valence-electron chi connectivity index (χ4n) is 3.02. The fourth-order valence-corrected chi connectivity index (χ4v) is 3.57. The molecule has 1 aliphatic heterocycles. The minimum Gasteiger partial charge on any atom is -0.388 e. The molecule has 0 aliphatic carbocycles. The molecule has 0 saturated heterocycles. The fraction of sp³-hybridized carbons (Fsp3) is 0.333. The molecule has 1 aliphatic rings. The number of rotatable bonds is 4. The van der Waals surface area contributed by atoms with Gasteiger partial charge in [0, 0.05) is 23.2 Å². The zero-order valence-electron chi connectivity index (χ0n) is 12.0. The largest absolute Gasteiger partial charge is 0.388 e. The lowest BCUT2D eigenvalue weighted by molar-refractivity contribution is 0.168. The standard InChI is InChI=1S/C18H20BrNO/c19-16-9-3-2-8-15(16)18(21)11-13-20-12-5-7-14-6-1-4-10-17(14)20/h1-4,6,8-10,18,21H,5,7,11-13H2. The van der Waals surface area contributed by atoms with Crippen LogP contribution in [0, 0.1) is 0 Å². The smallest absolute Gasteiger partial charge is 0.0817 e. The van der Waals surface area contributed by atoms with Crippen LogP contribution in [0.1, 0.15) is 30.1 Å². The molecule has 0 radical (unpaired) electrons. The number of anilines is 1. The van der Waals surface area contributed by atoms with Crippen molar-refractivity contribution in [2.45, 2.75) is 25.4 Å². The molecule has 110 valence electrons. The Balaban J connectivity index is 1.67. The molecule has 1 N–H and O–H groups in total. The molecule has 3 heteroatoms. The van der Waals surface area contributed by atoms with Crippen molar-refractivity contribution in [2.75, 3.05) is 18.0 Å². The van der Waals surface area contributed by atoms with Crippen molar-refractivity contribution in [1.29, 1.82) is 0 Å². The van der Waals surface area contributed by atoms with E-state index in [4.69, 9.17) is 0 Å². The first-order valence-corrected chi connectivity index (χ1v) is 8.30. The molecule has 0 fully saturated rings. The van der Waals surface area contributed by atoms with Crippen molar-refractivity contribution in [1.82, 2.24) is 0 Å². The van der Waals surface area contributed by atoms with Gasteiger partial charge in [0.25, 0.3) is 0 Å². The second-order valence-electron chi connectivity index (χ2n) is 5.55. The third-order valence-corrected chi connectivity index (χ3v) is 4.87. The molecule has 1 unspecified atom stereocenters. The molecule has 1 heterocycles. The highest BCUT2D eigenvalue weighted by Gasteiger charge is 2.18. The van der Waals surface area contributed by atoms with Crippen LogP contribution < -0.4 is 4.90 Å². The van der Waals surface area contributed by atoms with Crippen LogP contribution in [0.2, 0.25) is 0 Å². The Hall–Kier alpha value is -1.32. The highest BCUT2D eigenvalue weighted by Crippen LogP contribution is 2.29. The summed E-state index contributed by atoms with van der Waals surface area (Å²) < 4.78 is 0.983. The van der Waals surface area contributed by atoms with E-state index in [1.807, 2.05) is 24.3 Å². The summed E-state index contributed by atoms with van der Waals surface area (Å²) in [7, 11) is 0. The Bertz CT molecular complexity index is 614. The maximum Gasteiger partial charge on any atom is 0.0817 e. The van der Waals surface area contributed by atoms with Crippen molar-refractivity contribution in [2.24, 2.45) is 0 Å². The Morgan fingerprint density at radius 1 is 1.10 bits per heavy atom. The van der Waals surface area contributed by atoms with E-state index in [1.165, 1.54) is 24.1 Å². The molecule has 0 bridgehead atoms. The molecule has 2 aromatic rings. The number of aliphatic hydroxyl groups excluding tert-OH is 1. The number of aryl methyl sites for hydroxylation is 1. The monoisotopic (exact) mass is 345 g/mol. The minimum atomic E-state index is -0.422. The Morgan fingerprint density at radius 2 is 1.86 bits per heavy atom. The highest BCUT2D eigenvalue weighted by molar-refractivity contribution is 9.10. The lowest BCUT2D eigenvalue weighted by Gasteiger charge is -2.32. The Labute approximate surface area is 134 Å². The predicted molar refractivity (Wildman–Crippen MR) is 90.7 cm³/mol. The first kappa shape index (κ1) is 14.6. The summed E-state index contributed by atoms with van der Waals surface area (Å²) in [5.74, 6) is 0. The molecule has 2 nitrogen and oxygen atoms in total. The molecule has 2 aromatic carbocycles. The van der Waals surface area contributed by atoms with Crippen molar-refractivity contribution in [3.8, 4) is 0 Å². The van der Waals surface area contributed by atoms with Gasteiger partial charge in [-0.3, -0.25) is 0 Å². The van der Waals surface area contributed by atoms with Crippen LogP contribution in [0.5, 0.6) is 0 Å². The second-order valence-corrected chi connectivity index (χ2v) is 6.40. The molecule has 1 atom stereocenters. The van der Waals surface area contributed by atoms with E-state index in [0.29, 0.717) is 0 Å². The number of fused-ring (bicyclic) bond motifs is 1. The maximum absolute atomic E-state index is 10.4. The second kappa shape index (κ2) is 6.63. The van der Waals surface area contributed by atoms with E-state index in [-0.39, 0.29) is 0 Å². The van der Waals surface area contributed by atoms with Crippen molar-refractivity contribution in [3.05, 3.63) is 64.1 Å². The summed E-state index contributed by atoms with van der Waals surface area (Å²) in [5, 5.41) is 10.4. The van der Waals surface area contributed by atoms with Gasteiger partial charge >= 0.3 is 0 Å². The van der Waals surface area contributed by atoms with E-state index < -0.39 is 6.10 Å². The van der Waals surface area contributed by atoms with Gasteiger partial charge in [-0.05, 0) is 42.5 Å². The number of nitrogens with zero attached hydrogens (tertiary/aromatic N) is 1. The van der Waals surface area contributed by atoms with Gasteiger partial charge in [0.05, 0.1) is 6.10 Å². The summed E-state index contributed by atoms with van der Waals surface area (Å²) in [5.41, 5.74) is 3.74. The van der Waals surface area contributed by atoms with E-state index in [2.05, 4.69) is 45.1 Å². The average molecular weight is 346 g/mol. The summed E-state index contributed by atoms with van der Waals surface area (Å²) in [6.07, 6.45) is 2.69. The van der Waals surface area contributed by atoms with E-state index in [9.17, 15) is 5.11 Å². The van der Waals surface area contributed by atoms with Crippen LogP contribution in [0.25, 0.3) is 0 Å². The SMILES string of the molecule is OC(CCN1CCCc2ccccc21)c1ccccc1Br. The zero-order valence-corrected chi connectivity index (χ0v) is 13.6. The van der Waals surface area contributed by atoms with Gasteiger partial charge in [-0.15, -0.1) is 0 Å². The normalized spacial score (nSPS) is 15.6. The first-order valence-electron chi connectivity index (χ1n) is 7.51. The van der Waals surface area contributed by atoms with E-state index >= 15 is 0 Å². The number of hydrogen-bond acceptors (Lipinski definition) is 2. The van der Waals surface area contributed by atoms with Gasteiger partial charge in [0.2, 0.25) is 0 Å². The summed E-state index contributed by atoms with van der Waals surface area (Å²) in [6, 6.07) is 16.5. The third kappa shape index (κ3) is 3.30. The molecule has 0 aromatic heterocycles. The Morgan fingerprint density at radius 3 is 2.71 bits per heavy atom. The van der Waals surface area contributed by atoms with Crippen molar-refractivity contribution in [3.63, 3.8) is 0 Å². The minimum absolute atomic E-state index is 0.422. The quantitative estimate of drug-likeness (QED) is 0.891. The molecule has 3 rings (SSSR count). The van der Waals surface area contributed by atoms with Crippen LogP contribution in [0.4, 0.5) is 5.69 Å². The molecular weight excluding hydrogens is 326 g/mol. The van der Waals surface area contributed by atoms with Crippen LogP contribution >= 0.6 is 15.9 Å². The molecule has 0 amide bonds. The molecule has 21 heavy (non-hydrogen) atoms. The molecule has 0 saturated carbocycles. The van der Waals surface area contributed by atoms with Crippen molar-refractivity contribution >= 4 is 21.6 Å². The third-order valence-electron chi connectivity index (χ3n) is 4.14. The van der Waals surface area contributed by atoms with Gasteiger partial charge in [-0.2, -0.15) is 0 Å². The van der Waals surface area contributed by atoms with Gasteiger partial charge in [-0.1, -0.05) is 52.3 Å².